The molecule has 1 atom stereocenters. The Hall–Kier alpha value is -2.69. The number of phenolic OH excluding ortho intramolecular Hbond substituents is 1. The number of benzene rings is 2. The number of phenols is 1. The molecule has 0 spiro atoms. The lowest BCUT2D eigenvalue weighted by Crippen LogP contribution is -2.40. The minimum atomic E-state index is -0.701. The van der Waals surface area contributed by atoms with Crippen molar-refractivity contribution >= 4 is 11.6 Å². The van der Waals surface area contributed by atoms with Gasteiger partial charge in [-0.3, -0.25) is 4.79 Å². The molecule has 2 aromatic rings. The Bertz CT molecular complexity index is 684. The minimum absolute atomic E-state index is 0.164. The van der Waals surface area contributed by atoms with Crippen LogP contribution in [-0.2, 0) is 4.79 Å². The van der Waals surface area contributed by atoms with E-state index in [0.717, 1.165) is 5.56 Å². The molecule has 0 aromatic heterocycles. The molecule has 21 heavy (non-hydrogen) atoms. The summed E-state index contributed by atoms with van der Waals surface area (Å²) in [6, 6.07) is 12.0. The molecule has 2 aromatic carbocycles. The average Bonchev–Trinajstić information content (AvgIpc) is 2.49. The Labute approximate surface area is 122 Å². The van der Waals surface area contributed by atoms with Crippen LogP contribution in [-0.4, -0.2) is 23.7 Å². The molecule has 5 nitrogen and oxygen atoms in total. The number of para-hydroxylation sites is 2. The van der Waals surface area contributed by atoms with Crippen LogP contribution in [0.15, 0.2) is 42.5 Å². The lowest BCUT2D eigenvalue weighted by molar-refractivity contribution is -0.125. The third-order valence-corrected chi connectivity index (χ3v) is 3.27. The topological polar surface area (TPSA) is 67.8 Å². The Morgan fingerprint density at radius 1 is 1.24 bits per heavy atom. The maximum Gasteiger partial charge on any atom is 0.269 e. The van der Waals surface area contributed by atoms with Gasteiger partial charge >= 0.3 is 0 Å². The molecule has 0 bridgehead atoms. The highest BCUT2D eigenvalue weighted by Gasteiger charge is 2.27. The third-order valence-electron chi connectivity index (χ3n) is 3.27. The average molecular weight is 285 g/mol. The molecule has 108 valence electrons. The SMILES string of the molecule is Cc1cc(O)ccc1NC(=O)C1COc2ccccc2O1. The zero-order valence-corrected chi connectivity index (χ0v) is 11.5. The summed E-state index contributed by atoms with van der Waals surface area (Å²) in [5, 5.41) is 12.2. The zero-order chi connectivity index (χ0) is 14.8. The normalized spacial score (nSPS) is 16.3. The summed E-state index contributed by atoms with van der Waals surface area (Å²) in [4.78, 5) is 12.2. The van der Waals surface area contributed by atoms with Crippen LogP contribution < -0.4 is 14.8 Å². The molecular weight excluding hydrogens is 270 g/mol. The fourth-order valence-corrected chi connectivity index (χ4v) is 2.15. The van der Waals surface area contributed by atoms with E-state index in [1.807, 2.05) is 19.1 Å². The first-order valence-electron chi connectivity index (χ1n) is 6.62. The molecule has 1 aliphatic rings. The number of aromatic hydroxyl groups is 1. The van der Waals surface area contributed by atoms with Crippen molar-refractivity contribution in [3.8, 4) is 17.2 Å². The molecule has 5 heteroatoms. The molecule has 0 saturated carbocycles. The Kier molecular flexibility index (Phi) is 3.39. The third kappa shape index (κ3) is 2.76. The fourth-order valence-electron chi connectivity index (χ4n) is 2.15. The summed E-state index contributed by atoms with van der Waals surface area (Å²) in [6.07, 6.45) is -0.701. The zero-order valence-electron chi connectivity index (χ0n) is 11.5. The summed E-state index contributed by atoms with van der Waals surface area (Å²) < 4.78 is 11.2. The summed E-state index contributed by atoms with van der Waals surface area (Å²) in [5.41, 5.74) is 1.42. The number of hydrogen-bond donors (Lipinski definition) is 2. The first kappa shape index (κ1) is 13.3. The van der Waals surface area contributed by atoms with Gasteiger partial charge in [0.15, 0.2) is 11.5 Å². The Morgan fingerprint density at radius 2 is 2.00 bits per heavy atom. The van der Waals surface area contributed by atoms with Gasteiger partial charge in [0, 0.05) is 5.69 Å². The molecule has 0 radical (unpaired) electrons. The van der Waals surface area contributed by atoms with Crippen LogP contribution in [0.1, 0.15) is 5.56 Å². The van der Waals surface area contributed by atoms with E-state index < -0.39 is 6.10 Å². The number of ether oxygens (including phenoxy) is 2. The number of carbonyl (C=O) groups excluding carboxylic acids is 1. The summed E-state index contributed by atoms with van der Waals surface area (Å²) in [7, 11) is 0. The van der Waals surface area contributed by atoms with Crippen molar-refractivity contribution in [1.29, 1.82) is 0 Å². The molecule has 1 unspecified atom stereocenters. The number of aryl methyl sites for hydroxylation is 1. The van der Waals surface area contributed by atoms with E-state index in [9.17, 15) is 9.90 Å². The molecule has 3 rings (SSSR count). The van der Waals surface area contributed by atoms with Crippen LogP contribution in [0.2, 0.25) is 0 Å². The largest absolute Gasteiger partial charge is 0.508 e. The van der Waals surface area contributed by atoms with Crippen LogP contribution >= 0.6 is 0 Å². The maximum absolute atomic E-state index is 12.2. The van der Waals surface area contributed by atoms with Gasteiger partial charge in [-0.2, -0.15) is 0 Å². The predicted octanol–water partition coefficient (Wildman–Crippen LogP) is 2.48. The van der Waals surface area contributed by atoms with Gasteiger partial charge < -0.3 is 19.9 Å². The molecule has 2 N–H and O–H groups in total. The van der Waals surface area contributed by atoms with Crippen molar-refractivity contribution < 1.29 is 19.4 Å². The first-order chi connectivity index (χ1) is 10.1. The van der Waals surface area contributed by atoms with Crippen LogP contribution in [0.4, 0.5) is 5.69 Å². The van der Waals surface area contributed by atoms with Crippen LogP contribution in [0.3, 0.4) is 0 Å². The van der Waals surface area contributed by atoms with Crippen LogP contribution in [0.5, 0.6) is 17.2 Å². The second-order valence-electron chi connectivity index (χ2n) is 4.85. The van der Waals surface area contributed by atoms with Crippen molar-refractivity contribution in [2.24, 2.45) is 0 Å². The van der Waals surface area contributed by atoms with E-state index >= 15 is 0 Å². The molecule has 0 fully saturated rings. The van der Waals surface area contributed by atoms with E-state index in [0.29, 0.717) is 17.2 Å². The highest BCUT2D eigenvalue weighted by molar-refractivity contribution is 5.95. The van der Waals surface area contributed by atoms with Gasteiger partial charge in [-0.05, 0) is 42.8 Å². The number of rotatable bonds is 2. The van der Waals surface area contributed by atoms with Gasteiger partial charge in [0.05, 0.1) is 0 Å². The smallest absolute Gasteiger partial charge is 0.269 e. The molecule has 1 heterocycles. The molecule has 1 amide bonds. The number of carbonyl (C=O) groups is 1. The number of anilines is 1. The molecule has 1 aliphatic heterocycles. The van der Waals surface area contributed by atoms with Gasteiger partial charge in [-0.1, -0.05) is 12.1 Å². The second kappa shape index (κ2) is 5.36. The van der Waals surface area contributed by atoms with E-state index in [-0.39, 0.29) is 18.3 Å². The highest BCUT2D eigenvalue weighted by atomic mass is 16.6. The first-order valence-corrected chi connectivity index (χ1v) is 6.62. The standard InChI is InChI=1S/C16H15NO4/c1-10-8-11(18)6-7-12(10)17-16(19)15-9-20-13-4-2-3-5-14(13)21-15/h2-8,15,18H,9H2,1H3,(H,17,19). The Morgan fingerprint density at radius 3 is 2.76 bits per heavy atom. The lowest BCUT2D eigenvalue weighted by atomic mass is 10.2. The molecule has 0 aliphatic carbocycles. The summed E-state index contributed by atoms with van der Waals surface area (Å²) in [6.45, 7) is 1.98. The second-order valence-corrected chi connectivity index (χ2v) is 4.85. The van der Waals surface area contributed by atoms with Crippen molar-refractivity contribution in [3.05, 3.63) is 48.0 Å². The minimum Gasteiger partial charge on any atom is -0.508 e. The monoisotopic (exact) mass is 285 g/mol. The molecule has 0 saturated heterocycles. The molecular formula is C16H15NO4. The van der Waals surface area contributed by atoms with Crippen molar-refractivity contribution in [2.75, 3.05) is 11.9 Å². The number of amides is 1. The Balaban J connectivity index is 1.72. The summed E-state index contributed by atoms with van der Waals surface area (Å²) >= 11 is 0. The fraction of sp³-hybridized carbons (Fsp3) is 0.188. The van der Waals surface area contributed by atoms with Crippen molar-refractivity contribution in [1.82, 2.24) is 0 Å². The van der Waals surface area contributed by atoms with Crippen LogP contribution in [0, 0.1) is 6.92 Å². The van der Waals surface area contributed by atoms with Crippen molar-refractivity contribution in [2.45, 2.75) is 13.0 Å². The summed E-state index contributed by atoms with van der Waals surface area (Å²) in [5.74, 6) is 1.09. The van der Waals surface area contributed by atoms with E-state index in [1.54, 1.807) is 24.3 Å². The van der Waals surface area contributed by atoms with Gasteiger partial charge in [0.2, 0.25) is 6.10 Å². The number of nitrogens with one attached hydrogen (secondary N) is 1. The maximum atomic E-state index is 12.2. The van der Waals surface area contributed by atoms with Gasteiger partial charge in [-0.25, -0.2) is 0 Å². The van der Waals surface area contributed by atoms with Gasteiger partial charge in [0.1, 0.15) is 12.4 Å². The van der Waals surface area contributed by atoms with E-state index in [2.05, 4.69) is 5.32 Å². The van der Waals surface area contributed by atoms with Crippen LogP contribution in [0.25, 0.3) is 0 Å². The van der Waals surface area contributed by atoms with Gasteiger partial charge in [-0.15, -0.1) is 0 Å². The van der Waals surface area contributed by atoms with Gasteiger partial charge in [0.25, 0.3) is 5.91 Å². The highest BCUT2D eigenvalue weighted by Crippen LogP contribution is 2.31. The van der Waals surface area contributed by atoms with E-state index in [4.69, 9.17) is 9.47 Å². The number of fused-ring (bicyclic) bond motifs is 1. The quantitative estimate of drug-likeness (QED) is 0.832. The predicted molar refractivity (Wildman–Crippen MR) is 77.8 cm³/mol. The van der Waals surface area contributed by atoms with Crippen molar-refractivity contribution in [3.63, 3.8) is 0 Å². The number of hydrogen-bond acceptors (Lipinski definition) is 4. The lowest BCUT2D eigenvalue weighted by Gasteiger charge is -2.25. The van der Waals surface area contributed by atoms with E-state index in [1.165, 1.54) is 6.07 Å².